The van der Waals surface area contributed by atoms with E-state index in [1.165, 1.54) is 17.7 Å². The first-order valence-corrected chi connectivity index (χ1v) is 8.30. The quantitative estimate of drug-likeness (QED) is 0.837. The molecule has 0 aromatic heterocycles. The van der Waals surface area contributed by atoms with E-state index in [2.05, 4.69) is 0 Å². The molecule has 1 fully saturated rings. The Kier molecular flexibility index (Phi) is 6.02. The zero-order valence-corrected chi connectivity index (χ0v) is 13.8. The summed E-state index contributed by atoms with van der Waals surface area (Å²) in [7, 11) is 0. The third kappa shape index (κ3) is 4.71. The molecule has 126 valence electrons. The number of hydrogen-bond donors (Lipinski definition) is 1. The summed E-state index contributed by atoms with van der Waals surface area (Å²) in [6.07, 6.45) is 5.40. The van der Waals surface area contributed by atoms with Gasteiger partial charge in [-0.2, -0.15) is 0 Å². The summed E-state index contributed by atoms with van der Waals surface area (Å²) in [6, 6.07) is 6.93. The van der Waals surface area contributed by atoms with Crippen LogP contribution in [0.1, 0.15) is 56.3 Å². The number of carboxylic acid groups (broad SMARTS) is 1. The number of benzene rings is 1. The van der Waals surface area contributed by atoms with E-state index in [1.807, 2.05) is 19.9 Å². The van der Waals surface area contributed by atoms with Crippen LogP contribution >= 0.6 is 0 Å². The molecule has 5 nitrogen and oxygen atoms in total. The van der Waals surface area contributed by atoms with Crippen molar-refractivity contribution in [2.45, 2.75) is 58.1 Å². The lowest BCUT2D eigenvalue weighted by Crippen LogP contribution is -2.41. The van der Waals surface area contributed by atoms with Crippen molar-refractivity contribution >= 4 is 11.9 Å². The molecule has 1 aliphatic carbocycles. The number of ether oxygens (including phenoxy) is 1. The molecule has 2 rings (SSSR count). The summed E-state index contributed by atoms with van der Waals surface area (Å²) < 4.78 is 5.93. The highest BCUT2D eigenvalue weighted by molar-refractivity contribution is 5.96. The van der Waals surface area contributed by atoms with E-state index in [1.54, 1.807) is 18.2 Å². The van der Waals surface area contributed by atoms with Gasteiger partial charge in [-0.1, -0.05) is 13.0 Å². The molecule has 1 aromatic carbocycles. The minimum Gasteiger partial charge on any atom is -0.490 e. The van der Waals surface area contributed by atoms with Crippen LogP contribution in [0.2, 0.25) is 0 Å². The van der Waals surface area contributed by atoms with E-state index >= 15 is 0 Å². The predicted molar refractivity (Wildman–Crippen MR) is 87.8 cm³/mol. The maximum Gasteiger partial charge on any atom is 0.323 e. The largest absolute Gasteiger partial charge is 0.490 e. The minimum absolute atomic E-state index is 0.127. The fourth-order valence-electron chi connectivity index (χ4n) is 2.86. The van der Waals surface area contributed by atoms with Crippen LogP contribution in [-0.2, 0) is 4.79 Å². The van der Waals surface area contributed by atoms with E-state index in [-0.39, 0.29) is 24.6 Å². The molecule has 0 aliphatic heterocycles. The number of carbonyl (C=O) groups excluding carboxylic acids is 1. The maximum atomic E-state index is 12.7. The molecule has 0 spiro atoms. The van der Waals surface area contributed by atoms with Gasteiger partial charge in [0.15, 0.2) is 0 Å². The van der Waals surface area contributed by atoms with Gasteiger partial charge in [0.2, 0.25) is 0 Å². The fourth-order valence-corrected chi connectivity index (χ4v) is 2.86. The maximum absolute atomic E-state index is 12.7. The van der Waals surface area contributed by atoms with Crippen LogP contribution < -0.4 is 4.74 Å². The molecule has 1 aliphatic rings. The van der Waals surface area contributed by atoms with Crippen molar-refractivity contribution in [3.05, 3.63) is 29.8 Å². The average Bonchev–Trinajstić information content (AvgIpc) is 3.04. The molecular formula is C18H25NO4. The number of aliphatic carboxylic acids is 1. The van der Waals surface area contributed by atoms with Gasteiger partial charge in [0.1, 0.15) is 12.3 Å². The van der Waals surface area contributed by atoms with Crippen LogP contribution in [0.4, 0.5) is 0 Å². The molecule has 0 radical (unpaired) electrons. The highest BCUT2D eigenvalue weighted by Gasteiger charge is 2.23. The third-order valence-electron chi connectivity index (χ3n) is 4.38. The Morgan fingerprint density at radius 2 is 2.04 bits per heavy atom. The summed E-state index contributed by atoms with van der Waals surface area (Å²) in [5, 5.41) is 9.05. The van der Waals surface area contributed by atoms with Crippen molar-refractivity contribution in [2.24, 2.45) is 0 Å². The smallest absolute Gasteiger partial charge is 0.323 e. The van der Waals surface area contributed by atoms with Crippen LogP contribution in [0.15, 0.2) is 24.3 Å². The van der Waals surface area contributed by atoms with E-state index in [0.717, 1.165) is 12.8 Å². The van der Waals surface area contributed by atoms with Gasteiger partial charge in [-0.3, -0.25) is 9.59 Å². The van der Waals surface area contributed by atoms with Gasteiger partial charge in [0.05, 0.1) is 6.10 Å². The molecule has 0 heterocycles. The first-order valence-electron chi connectivity index (χ1n) is 8.30. The Bertz CT molecular complexity index is 552. The van der Waals surface area contributed by atoms with E-state index < -0.39 is 5.97 Å². The number of carboxylic acids is 1. The van der Waals surface area contributed by atoms with E-state index in [0.29, 0.717) is 17.7 Å². The van der Waals surface area contributed by atoms with Crippen molar-refractivity contribution < 1.29 is 19.4 Å². The third-order valence-corrected chi connectivity index (χ3v) is 4.38. The summed E-state index contributed by atoms with van der Waals surface area (Å²) >= 11 is 0. The van der Waals surface area contributed by atoms with Crippen molar-refractivity contribution in [1.29, 1.82) is 0 Å². The molecule has 1 atom stereocenters. The Morgan fingerprint density at radius 3 is 2.65 bits per heavy atom. The summed E-state index contributed by atoms with van der Waals surface area (Å²) in [5.41, 5.74) is 0.474. The van der Waals surface area contributed by atoms with Crippen molar-refractivity contribution in [3.63, 3.8) is 0 Å². The van der Waals surface area contributed by atoms with Gasteiger partial charge >= 0.3 is 5.97 Å². The number of amides is 1. The van der Waals surface area contributed by atoms with Gasteiger partial charge in [0.25, 0.3) is 5.91 Å². The average molecular weight is 319 g/mol. The second-order valence-corrected chi connectivity index (χ2v) is 6.14. The van der Waals surface area contributed by atoms with Crippen LogP contribution in [0, 0.1) is 0 Å². The second kappa shape index (κ2) is 7.99. The van der Waals surface area contributed by atoms with E-state index in [9.17, 15) is 9.59 Å². The van der Waals surface area contributed by atoms with Crippen LogP contribution in [0.25, 0.3) is 0 Å². The lowest BCUT2D eigenvalue weighted by molar-refractivity contribution is -0.138. The van der Waals surface area contributed by atoms with Gasteiger partial charge in [-0.25, -0.2) is 0 Å². The number of rotatable bonds is 7. The van der Waals surface area contributed by atoms with Crippen molar-refractivity contribution in [1.82, 2.24) is 4.90 Å². The Morgan fingerprint density at radius 1 is 1.35 bits per heavy atom. The summed E-state index contributed by atoms with van der Waals surface area (Å²) in [6.45, 7) is 3.51. The second-order valence-electron chi connectivity index (χ2n) is 6.14. The lowest BCUT2D eigenvalue weighted by atomic mass is 10.1. The number of carbonyl (C=O) groups is 2. The van der Waals surface area contributed by atoms with Crippen LogP contribution in [0.5, 0.6) is 5.75 Å². The molecule has 0 bridgehead atoms. The first kappa shape index (κ1) is 17.3. The standard InChI is InChI=1S/C18H25NO4/c1-3-13(2)19(12-17(20)21)18(22)14-7-6-10-16(11-14)23-15-8-4-5-9-15/h6-7,10-11,13,15H,3-5,8-9,12H2,1-2H3,(H,20,21). The molecule has 5 heteroatoms. The topological polar surface area (TPSA) is 66.8 Å². The van der Waals surface area contributed by atoms with Gasteiger partial charge in [-0.15, -0.1) is 0 Å². The molecular weight excluding hydrogens is 294 g/mol. The SMILES string of the molecule is CCC(C)N(CC(=O)O)C(=O)c1cccc(OC2CCCC2)c1. The van der Waals surface area contributed by atoms with Crippen LogP contribution in [-0.4, -0.2) is 40.6 Å². The Balaban J connectivity index is 2.14. The zero-order valence-electron chi connectivity index (χ0n) is 13.8. The normalized spacial score (nSPS) is 16.1. The Hall–Kier alpha value is -2.04. The van der Waals surface area contributed by atoms with Crippen molar-refractivity contribution in [2.75, 3.05) is 6.54 Å². The molecule has 1 saturated carbocycles. The first-order chi connectivity index (χ1) is 11.0. The monoisotopic (exact) mass is 319 g/mol. The zero-order chi connectivity index (χ0) is 16.8. The van der Waals surface area contributed by atoms with E-state index in [4.69, 9.17) is 9.84 Å². The number of hydrogen-bond acceptors (Lipinski definition) is 3. The Labute approximate surface area is 137 Å². The predicted octanol–water partition coefficient (Wildman–Crippen LogP) is 3.33. The van der Waals surface area contributed by atoms with Crippen LogP contribution in [0.3, 0.4) is 0 Å². The highest BCUT2D eigenvalue weighted by atomic mass is 16.5. The summed E-state index contributed by atoms with van der Waals surface area (Å²) in [4.78, 5) is 25.1. The molecule has 1 aromatic rings. The van der Waals surface area contributed by atoms with Gasteiger partial charge in [-0.05, 0) is 57.2 Å². The molecule has 23 heavy (non-hydrogen) atoms. The minimum atomic E-state index is -1.00. The molecule has 1 N–H and O–H groups in total. The highest BCUT2D eigenvalue weighted by Crippen LogP contribution is 2.25. The van der Waals surface area contributed by atoms with Gasteiger partial charge in [0, 0.05) is 11.6 Å². The molecule has 1 unspecified atom stereocenters. The summed E-state index contributed by atoms with van der Waals surface area (Å²) in [5.74, 6) is -0.585. The fraction of sp³-hybridized carbons (Fsp3) is 0.556. The van der Waals surface area contributed by atoms with Crippen molar-refractivity contribution in [3.8, 4) is 5.75 Å². The number of nitrogens with zero attached hydrogens (tertiary/aromatic N) is 1. The molecule has 1 amide bonds. The molecule has 0 saturated heterocycles. The lowest BCUT2D eigenvalue weighted by Gasteiger charge is -2.27. The van der Waals surface area contributed by atoms with Gasteiger partial charge < -0.3 is 14.7 Å².